The highest BCUT2D eigenvalue weighted by atomic mass is 16.6. The molecule has 0 saturated carbocycles. The van der Waals surface area contributed by atoms with E-state index in [1.165, 1.54) is 6.07 Å². The number of nitrogens with zero attached hydrogens (tertiary/aromatic N) is 2. The zero-order valence-corrected chi connectivity index (χ0v) is 15.6. The molecule has 2 rings (SSSR count). The van der Waals surface area contributed by atoms with Gasteiger partial charge in [0.05, 0.1) is 10.5 Å². The molecule has 0 spiro atoms. The lowest BCUT2D eigenvalue weighted by atomic mass is 9.95. The van der Waals surface area contributed by atoms with Gasteiger partial charge in [-0.1, -0.05) is 43.7 Å². The second-order valence-corrected chi connectivity index (χ2v) is 5.30. The smallest absolute Gasteiger partial charge is 0.277 e. The summed E-state index contributed by atoms with van der Waals surface area (Å²) in [4.78, 5) is 25.4. The van der Waals surface area contributed by atoms with Crippen LogP contribution in [-0.2, 0) is 0 Å². The first-order valence-electron chi connectivity index (χ1n) is 8.63. The number of carbonyl (C=O) groups is 1. The third-order valence-electron chi connectivity index (χ3n) is 3.85. The van der Waals surface area contributed by atoms with Crippen molar-refractivity contribution < 1.29 is 9.72 Å². The Hall–Kier alpha value is -2.69. The summed E-state index contributed by atoms with van der Waals surface area (Å²) in [5, 5.41) is 11.3. The van der Waals surface area contributed by atoms with Crippen molar-refractivity contribution in [1.29, 1.82) is 0 Å². The Morgan fingerprint density at radius 3 is 2.20 bits per heavy atom. The monoisotopic (exact) mass is 342 g/mol. The zero-order valence-electron chi connectivity index (χ0n) is 15.6. The molecule has 2 aromatic rings. The maximum absolute atomic E-state index is 12.7. The average molecular weight is 342 g/mol. The van der Waals surface area contributed by atoms with Crippen LogP contribution in [0.5, 0.6) is 0 Å². The lowest BCUT2D eigenvalue weighted by Gasteiger charge is -2.20. The standard InChI is InChI=1S/C18H20N2O3.C2H6/c1-4-19(5-2)18(21)15-11-10-13(3)12-16(15)14-8-6-7-9-17(14)20(22)23;1-2/h6-12H,4-5H2,1-3H3;1-2H3. The van der Waals surface area contributed by atoms with E-state index in [1.807, 2.05) is 46.8 Å². The van der Waals surface area contributed by atoms with Gasteiger partial charge in [-0.2, -0.15) is 0 Å². The van der Waals surface area contributed by atoms with Crippen LogP contribution in [0.25, 0.3) is 11.1 Å². The molecule has 0 aliphatic heterocycles. The van der Waals surface area contributed by atoms with Gasteiger partial charge in [0.1, 0.15) is 0 Å². The molecule has 0 bridgehead atoms. The minimum absolute atomic E-state index is 0.00620. The highest BCUT2D eigenvalue weighted by Gasteiger charge is 2.22. The predicted octanol–water partition coefficient (Wildman–Crippen LogP) is 5.08. The van der Waals surface area contributed by atoms with Crippen molar-refractivity contribution in [3.05, 3.63) is 63.7 Å². The van der Waals surface area contributed by atoms with E-state index in [9.17, 15) is 14.9 Å². The molecule has 134 valence electrons. The number of amides is 1. The molecule has 0 N–H and O–H groups in total. The van der Waals surface area contributed by atoms with Crippen LogP contribution in [0.2, 0.25) is 0 Å². The van der Waals surface area contributed by atoms with Crippen LogP contribution in [0.4, 0.5) is 5.69 Å². The molecule has 1 amide bonds. The molecule has 0 atom stereocenters. The van der Waals surface area contributed by atoms with Gasteiger partial charge in [0.25, 0.3) is 11.6 Å². The molecule has 0 heterocycles. The van der Waals surface area contributed by atoms with Crippen molar-refractivity contribution in [2.45, 2.75) is 34.6 Å². The molecule has 0 aliphatic rings. The minimum Gasteiger partial charge on any atom is -0.339 e. The Bertz CT molecular complexity index is 737. The lowest BCUT2D eigenvalue weighted by molar-refractivity contribution is -0.384. The third-order valence-corrected chi connectivity index (χ3v) is 3.85. The molecular weight excluding hydrogens is 316 g/mol. The first kappa shape index (κ1) is 20.4. The Balaban J connectivity index is 0.00000151. The second-order valence-electron chi connectivity index (χ2n) is 5.30. The molecule has 5 nitrogen and oxygen atoms in total. The summed E-state index contributed by atoms with van der Waals surface area (Å²) < 4.78 is 0. The Kier molecular flexibility index (Phi) is 7.79. The van der Waals surface area contributed by atoms with Crippen molar-refractivity contribution in [3.63, 3.8) is 0 Å². The lowest BCUT2D eigenvalue weighted by Crippen LogP contribution is -2.30. The van der Waals surface area contributed by atoms with Gasteiger partial charge < -0.3 is 4.90 Å². The number of para-hydroxylation sites is 1. The number of hydrogen-bond acceptors (Lipinski definition) is 3. The third kappa shape index (κ3) is 4.66. The number of benzene rings is 2. The van der Waals surface area contributed by atoms with Crippen molar-refractivity contribution >= 4 is 11.6 Å². The molecule has 0 unspecified atom stereocenters. The van der Waals surface area contributed by atoms with E-state index in [1.54, 1.807) is 29.2 Å². The minimum atomic E-state index is -0.413. The number of rotatable bonds is 5. The van der Waals surface area contributed by atoms with Crippen LogP contribution in [0.3, 0.4) is 0 Å². The van der Waals surface area contributed by atoms with Crippen LogP contribution in [0.15, 0.2) is 42.5 Å². The van der Waals surface area contributed by atoms with E-state index in [-0.39, 0.29) is 11.6 Å². The number of nitro groups is 1. The second kappa shape index (κ2) is 9.57. The van der Waals surface area contributed by atoms with Gasteiger partial charge in [-0.15, -0.1) is 0 Å². The van der Waals surface area contributed by atoms with Crippen molar-refractivity contribution in [2.75, 3.05) is 13.1 Å². The van der Waals surface area contributed by atoms with Gasteiger partial charge in [-0.05, 0) is 32.9 Å². The van der Waals surface area contributed by atoms with Gasteiger partial charge in [0, 0.05) is 30.3 Å². The van der Waals surface area contributed by atoms with Gasteiger partial charge in [-0.25, -0.2) is 0 Å². The van der Waals surface area contributed by atoms with Crippen LogP contribution >= 0.6 is 0 Å². The van der Waals surface area contributed by atoms with E-state index < -0.39 is 4.92 Å². The molecule has 0 saturated heterocycles. The molecule has 25 heavy (non-hydrogen) atoms. The van der Waals surface area contributed by atoms with Gasteiger partial charge in [-0.3, -0.25) is 14.9 Å². The topological polar surface area (TPSA) is 63.5 Å². The van der Waals surface area contributed by atoms with Crippen molar-refractivity contribution in [1.82, 2.24) is 4.90 Å². The number of aryl methyl sites for hydroxylation is 1. The largest absolute Gasteiger partial charge is 0.339 e. The molecule has 5 heteroatoms. The van der Waals surface area contributed by atoms with Gasteiger partial charge in [0.2, 0.25) is 0 Å². The Morgan fingerprint density at radius 1 is 1.04 bits per heavy atom. The molecule has 0 radical (unpaired) electrons. The van der Waals surface area contributed by atoms with E-state index in [2.05, 4.69) is 0 Å². The summed E-state index contributed by atoms with van der Waals surface area (Å²) in [6.07, 6.45) is 0. The van der Waals surface area contributed by atoms with E-state index in [4.69, 9.17) is 0 Å². The molecule has 0 aromatic heterocycles. The van der Waals surface area contributed by atoms with Gasteiger partial charge >= 0.3 is 0 Å². The van der Waals surface area contributed by atoms with E-state index >= 15 is 0 Å². The van der Waals surface area contributed by atoms with Crippen molar-refractivity contribution in [3.8, 4) is 11.1 Å². The molecular formula is C20H26N2O3. The summed E-state index contributed by atoms with van der Waals surface area (Å²) in [7, 11) is 0. The summed E-state index contributed by atoms with van der Waals surface area (Å²) in [5.41, 5.74) is 2.53. The van der Waals surface area contributed by atoms with Crippen LogP contribution in [0.1, 0.15) is 43.6 Å². The highest BCUT2D eigenvalue weighted by Crippen LogP contribution is 2.33. The fourth-order valence-electron chi connectivity index (χ4n) is 2.61. The van der Waals surface area contributed by atoms with Crippen LogP contribution < -0.4 is 0 Å². The highest BCUT2D eigenvalue weighted by molar-refractivity contribution is 6.02. The van der Waals surface area contributed by atoms with E-state index in [0.717, 1.165) is 5.56 Å². The summed E-state index contributed by atoms with van der Waals surface area (Å²) >= 11 is 0. The average Bonchev–Trinajstić information content (AvgIpc) is 2.64. The fraction of sp³-hybridized carbons (Fsp3) is 0.350. The first-order chi connectivity index (χ1) is 12.0. The molecule has 2 aromatic carbocycles. The first-order valence-corrected chi connectivity index (χ1v) is 8.63. The summed E-state index contributed by atoms with van der Waals surface area (Å²) in [5.74, 6) is -0.108. The normalized spacial score (nSPS) is 9.80. The molecule has 0 aliphatic carbocycles. The zero-order chi connectivity index (χ0) is 19.0. The van der Waals surface area contributed by atoms with E-state index in [0.29, 0.717) is 29.8 Å². The quantitative estimate of drug-likeness (QED) is 0.562. The maximum atomic E-state index is 12.7. The van der Waals surface area contributed by atoms with Crippen LogP contribution in [-0.4, -0.2) is 28.8 Å². The van der Waals surface area contributed by atoms with Crippen molar-refractivity contribution in [2.24, 2.45) is 0 Å². The predicted molar refractivity (Wildman–Crippen MR) is 102 cm³/mol. The number of carbonyl (C=O) groups excluding carboxylic acids is 1. The summed E-state index contributed by atoms with van der Waals surface area (Å²) in [6.45, 7) is 10.9. The maximum Gasteiger partial charge on any atom is 0.277 e. The Labute approximate surface area is 149 Å². The number of hydrogen-bond donors (Lipinski definition) is 0. The van der Waals surface area contributed by atoms with Gasteiger partial charge in [0.15, 0.2) is 0 Å². The Morgan fingerprint density at radius 2 is 1.64 bits per heavy atom. The van der Waals surface area contributed by atoms with Crippen LogP contribution in [0, 0.1) is 17.0 Å². The SMILES string of the molecule is CC.CCN(CC)C(=O)c1ccc(C)cc1-c1ccccc1[N+](=O)[O-]. The molecule has 0 fully saturated rings. The number of nitro benzene ring substituents is 1. The fourth-order valence-corrected chi connectivity index (χ4v) is 2.61. The summed E-state index contributed by atoms with van der Waals surface area (Å²) in [6, 6.07) is 12.0.